The summed E-state index contributed by atoms with van der Waals surface area (Å²) in [6.45, 7) is 0.828. The summed E-state index contributed by atoms with van der Waals surface area (Å²) in [5, 5.41) is 9.67. The highest BCUT2D eigenvalue weighted by Crippen LogP contribution is 2.35. The molecule has 2 bridgehead atoms. The van der Waals surface area contributed by atoms with Gasteiger partial charge in [0.2, 0.25) is 0 Å². The lowest BCUT2D eigenvalue weighted by molar-refractivity contribution is -0.128. The van der Waals surface area contributed by atoms with Crippen LogP contribution in [0.25, 0.3) is 0 Å². The number of nitrogens with zero attached hydrogens (tertiary/aromatic N) is 1. The molecule has 0 radical (unpaired) electrons. The highest BCUT2D eigenvalue weighted by Gasteiger charge is 2.40. The van der Waals surface area contributed by atoms with Crippen LogP contribution in [0.15, 0.2) is 0 Å². The fourth-order valence-corrected chi connectivity index (χ4v) is 2.96. The molecule has 2 saturated heterocycles. The van der Waals surface area contributed by atoms with Gasteiger partial charge in [0.05, 0.1) is 12.6 Å². The smallest absolute Gasteiger partial charge is 0.169 e. The van der Waals surface area contributed by atoms with Gasteiger partial charge in [-0.2, -0.15) is 0 Å². The first-order chi connectivity index (χ1) is 7.24. The van der Waals surface area contributed by atoms with Crippen LogP contribution >= 0.6 is 0 Å². The van der Waals surface area contributed by atoms with E-state index in [4.69, 9.17) is 9.47 Å². The molecule has 2 rings (SSSR count). The molecule has 2 atom stereocenters. The van der Waals surface area contributed by atoms with Crippen molar-refractivity contribution in [3.05, 3.63) is 0 Å². The molecule has 0 amide bonds. The Labute approximate surface area is 91.2 Å². The first-order valence-corrected chi connectivity index (χ1v) is 5.74. The number of rotatable bonds is 4. The second kappa shape index (κ2) is 4.78. The topological polar surface area (TPSA) is 41.9 Å². The number of fused-ring (bicyclic) bond motifs is 2. The lowest BCUT2D eigenvalue weighted by Gasteiger charge is -2.38. The van der Waals surface area contributed by atoms with Gasteiger partial charge in [-0.25, -0.2) is 0 Å². The van der Waals surface area contributed by atoms with Crippen LogP contribution < -0.4 is 0 Å². The Morgan fingerprint density at radius 2 is 1.73 bits per heavy atom. The van der Waals surface area contributed by atoms with Crippen LogP contribution in [0, 0.1) is 0 Å². The van der Waals surface area contributed by atoms with Crippen molar-refractivity contribution in [1.29, 1.82) is 0 Å². The van der Waals surface area contributed by atoms with Crippen LogP contribution in [-0.2, 0) is 9.47 Å². The number of piperidine rings is 1. The molecule has 0 saturated carbocycles. The predicted octanol–water partition coefficient (Wildman–Crippen LogP) is 0.593. The van der Waals surface area contributed by atoms with E-state index < -0.39 is 0 Å². The SMILES string of the molecule is COC(CN1C2CCC1CC(O)C2)OC. The monoisotopic (exact) mass is 215 g/mol. The maximum Gasteiger partial charge on any atom is 0.169 e. The van der Waals surface area contributed by atoms with Gasteiger partial charge in [-0.05, 0) is 25.7 Å². The molecule has 88 valence electrons. The van der Waals surface area contributed by atoms with E-state index >= 15 is 0 Å². The lowest BCUT2D eigenvalue weighted by atomic mass is 10.00. The summed E-state index contributed by atoms with van der Waals surface area (Å²) in [5.41, 5.74) is 0. The number of methoxy groups -OCH3 is 2. The molecule has 0 aromatic carbocycles. The van der Waals surface area contributed by atoms with Gasteiger partial charge < -0.3 is 14.6 Å². The maximum absolute atomic E-state index is 9.67. The number of hydrogen-bond donors (Lipinski definition) is 1. The predicted molar refractivity (Wildman–Crippen MR) is 56.6 cm³/mol. The van der Waals surface area contributed by atoms with E-state index in [9.17, 15) is 5.11 Å². The van der Waals surface area contributed by atoms with Crippen LogP contribution in [0.1, 0.15) is 25.7 Å². The second-order valence-corrected chi connectivity index (χ2v) is 4.61. The van der Waals surface area contributed by atoms with E-state index in [2.05, 4.69) is 4.90 Å². The molecule has 2 fully saturated rings. The number of hydrogen-bond acceptors (Lipinski definition) is 4. The molecular formula is C11H21NO3. The molecule has 0 aromatic heterocycles. The van der Waals surface area contributed by atoms with Crippen molar-refractivity contribution >= 4 is 0 Å². The number of aliphatic hydroxyl groups is 1. The van der Waals surface area contributed by atoms with Crippen LogP contribution in [0.5, 0.6) is 0 Å². The maximum atomic E-state index is 9.67. The summed E-state index contributed by atoms with van der Waals surface area (Å²) >= 11 is 0. The van der Waals surface area contributed by atoms with Crippen molar-refractivity contribution in [2.45, 2.75) is 50.2 Å². The van der Waals surface area contributed by atoms with Crippen molar-refractivity contribution in [3.8, 4) is 0 Å². The summed E-state index contributed by atoms with van der Waals surface area (Å²) < 4.78 is 10.5. The molecule has 4 heteroatoms. The lowest BCUT2D eigenvalue weighted by Crippen LogP contribution is -2.48. The summed E-state index contributed by atoms with van der Waals surface area (Å²) in [6.07, 6.45) is 4.02. The molecule has 2 aliphatic rings. The highest BCUT2D eigenvalue weighted by molar-refractivity contribution is 4.95. The van der Waals surface area contributed by atoms with Gasteiger partial charge in [0.15, 0.2) is 6.29 Å². The van der Waals surface area contributed by atoms with E-state index in [1.807, 2.05) is 0 Å². The van der Waals surface area contributed by atoms with Gasteiger partial charge in [0, 0.05) is 26.3 Å². The molecule has 0 aliphatic carbocycles. The van der Waals surface area contributed by atoms with Crippen LogP contribution in [-0.4, -0.2) is 55.2 Å². The van der Waals surface area contributed by atoms with Crippen molar-refractivity contribution in [1.82, 2.24) is 4.90 Å². The van der Waals surface area contributed by atoms with E-state index in [0.29, 0.717) is 12.1 Å². The molecule has 2 unspecified atom stereocenters. The Kier molecular flexibility index (Phi) is 3.61. The summed E-state index contributed by atoms with van der Waals surface area (Å²) in [5.74, 6) is 0. The van der Waals surface area contributed by atoms with Crippen LogP contribution in [0.2, 0.25) is 0 Å². The number of ether oxygens (including phenoxy) is 2. The minimum absolute atomic E-state index is 0.0951. The van der Waals surface area contributed by atoms with Crippen LogP contribution in [0.3, 0.4) is 0 Å². The average molecular weight is 215 g/mol. The van der Waals surface area contributed by atoms with Crippen LogP contribution in [0.4, 0.5) is 0 Å². The van der Waals surface area contributed by atoms with Gasteiger partial charge in [0.25, 0.3) is 0 Å². The summed E-state index contributed by atoms with van der Waals surface area (Å²) in [6, 6.07) is 1.07. The third kappa shape index (κ3) is 2.33. The largest absolute Gasteiger partial charge is 0.393 e. The first-order valence-electron chi connectivity index (χ1n) is 5.74. The molecule has 0 spiro atoms. The van der Waals surface area contributed by atoms with Crippen molar-refractivity contribution in [2.75, 3.05) is 20.8 Å². The normalized spacial score (nSPS) is 36.4. The average Bonchev–Trinajstić information content (AvgIpc) is 2.47. The molecule has 0 aromatic rings. The fourth-order valence-electron chi connectivity index (χ4n) is 2.96. The zero-order valence-corrected chi connectivity index (χ0v) is 9.56. The van der Waals surface area contributed by atoms with E-state index in [0.717, 1.165) is 19.4 Å². The Morgan fingerprint density at radius 1 is 1.20 bits per heavy atom. The van der Waals surface area contributed by atoms with Gasteiger partial charge >= 0.3 is 0 Å². The third-order valence-electron chi connectivity index (χ3n) is 3.75. The number of aliphatic hydroxyl groups excluding tert-OH is 1. The van der Waals surface area contributed by atoms with E-state index in [1.54, 1.807) is 14.2 Å². The second-order valence-electron chi connectivity index (χ2n) is 4.61. The molecule has 1 N–H and O–H groups in total. The zero-order valence-electron chi connectivity index (χ0n) is 9.56. The molecular weight excluding hydrogens is 194 g/mol. The Morgan fingerprint density at radius 3 is 2.20 bits per heavy atom. The van der Waals surface area contributed by atoms with Crippen molar-refractivity contribution in [3.63, 3.8) is 0 Å². The molecule has 4 nitrogen and oxygen atoms in total. The summed E-state index contributed by atoms with van der Waals surface area (Å²) in [4.78, 5) is 2.45. The minimum Gasteiger partial charge on any atom is -0.393 e. The third-order valence-corrected chi connectivity index (χ3v) is 3.75. The first kappa shape index (κ1) is 11.3. The quantitative estimate of drug-likeness (QED) is 0.697. The van der Waals surface area contributed by atoms with E-state index in [-0.39, 0.29) is 12.4 Å². The standard InChI is InChI=1S/C11H21NO3/c1-14-11(15-2)7-12-8-3-4-9(12)6-10(13)5-8/h8-11,13H,3-7H2,1-2H3. The van der Waals surface area contributed by atoms with E-state index in [1.165, 1.54) is 12.8 Å². The van der Waals surface area contributed by atoms with Gasteiger partial charge in [-0.3, -0.25) is 4.90 Å². The summed E-state index contributed by atoms with van der Waals surface area (Å²) in [7, 11) is 3.35. The Bertz CT molecular complexity index is 194. The molecule has 2 aliphatic heterocycles. The molecule has 15 heavy (non-hydrogen) atoms. The molecule has 2 heterocycles. The fraction of sp³-hybridized carbons (Fsp3) is 1.00. The van der Waals surface area contributed by atoms with Gasteiger partial charge in [-0.1, -0.05) is 0 Å². The van der Waals surface area contributed by atoms with Crippen molar-refractivity contribution < 1.29 is 14.6 Å². The highest BCUT2D eigenvalue weighted by atomic mass is 16.7. The Hall–Kier alpha value is -0.160. The van der Waals surface area contributed by atoms with Gasteiger partial charge in [0.1, 0.15) is 0 Å². The Balaban J connectivity index is 1.93. The minimum atomic E-state index is -0.136. The van der Waals surface area contributed by atoms with Gasteiger partial charge in [-0.15, -0.1) is 0 Å². The zero-order chi connectivity index (χ0) is 10.8. The van der Waals surface area contributed by atoms with Crippen molar-refractivity contribution in [2.24, 2.45) is 0 Å².